The van der Waals surface area contributed by atoms with Crippen molar-refractivity contribution in [2.45, 2.75) is 64.0 Å². The van der Waals surface area contributed by atoms with Gasteiger partial charge < -0.3 is 4.90 Å². The maximum atomic E-state index is 10.2. The highest BCUT2D eigenvalue weighted by Gasteiger charge is 2.43. The molecule has 2 aromatic rings. The molecule has 0 aromatic heterocycles. The number of rotatable bonds is 6. The molecule has 0 spiro atoms. The lowest BCUT2D eigenvalue weighted by molar-refractivity contribution is 0.362. The summed E-state index contributed by atoms with van der Waals surface area (Å²) in [6.07, 6.45) is 6.35. The fourth-order valence-electron chi connectivity index (χ4n) is 4.19. The summed E-state index contributed by atoms with van der Waals surface area (Å²) >= 11 is 0. The molecule has 3 rings (SSSR count). The summed E-state index contributed by atoms with van der Waals surface area (Å²) in [5.41, 5.74) is 3.47. The summed E-state index contributed by atoms with van der Waals surface area (Å²) < 4.78 is 0. The Kier molecular flexibility index (Phi) is 5.43. The molecular formula is C23H28N2. The van der Waals surface area contributed by atoms with Crippen LogP contribution in [0, 0.1) is 11.3 Å². The summed E-state index contributed by atoms with van der Waals surface area (Å²) in [4.78, 5) is 2.41. The van der Waals surface area contributed by atoms with Crippen molar-refractivity contribution < 1.29 is 0 Å². The van der Waals surface area contributed by atoms with Gasteiger partial charge in [0.1, 0.15) is 5.54 Å². The van der Waals surface area contributed by atoms with E-state index >= 15 is 0 Å². The van der Waals surface area contributed by atoms with Crippen LogP contribution in [0.4, 0.5) is 5.69 Å². The molecule has 2 nitrogen and oxygen atoms in total. The van der Waals surface area contributed by atoms with Gasteiger partial charge in [0.25, 0.3) is 0 Å². The van der Waals surface area contributed by atoms with Crippen LogP contribution in [0.25, 0.3) is 0 Å². The molecule has 2 aromatic carbocycles. The highest BCUT2D eigenvalue weighted by molar-refractivity contribution is 5.61. The van der Waals surface area contributed by atoms with Crippen LogP contribution in [0.15, 0.2) is 54.6 Å². The predicted octanol–water partition coefficient (Wildman–Crippen LogP) is 6.04. The van der Waals surface area contributed by atoms with E-state index in [1.54, 1.807) is 0 Å². The van der Waals surface area contributed by atoms with Crippen molar-refractivity contribution in [3.63, 3.8) is 0 Å². The Balaban J connectivity index is 2.04. The van der Waals surface area contributed by atoms with E-state index in [4.69, 9.17) is 0 Å². The van der Waals surface area contributed by atoms with Crippen LogP contribution in [0.2, 0.25) is 0 Å². The molecule has 1 aliphatic heterocycles. The molecule has 0 unspecified atom stereocenters. The first kappa shape index (κ1) is 17.5. The van der Waals surface area contributed by atoms with Gasteiger partial charge in [0.15, 0.2) is 0 Å². The lowest BCUT2D eigenvalue weighted by atomic mass is 9.79. The maximum Gasteiger partial charge on any atom is 0.128 e. The minimum atomic E-state index is -0.404. The van der Waals surface area contributed by atoms with E-state index in [2.05, 4.69) is 79.4 Å². The van der Waals surface area contributed by atoms with Crippen LogP contribution in [0.1, 0.15) is 63.1 Å². The van der Waals surface area contributed by atoms with Crippen molar-refractivity contribution in [3.05, 3.63) is 65.7 Å². The highest BCUT2D eigenvalue weighted by atomic mass is 15.2. The number of unbranched alkanes of at least 4 members (excludes halogenated alkanes) is 2. The third-order valence-corrected chi connectivity index (χ3v) is 5.59. The third kappa shape index (κ3) is 3.42. The van der Waals surface area contributed by atoms with Crippen molar-refractivity contribution in [1.82, 2.24) is 0 Å². The molecule has 25 heavy (non-hydrogen) atoms. The molecule has 0 N–H and O–H groups in total. The molecule has 0 saturated carbocycles. The van der Waals surface area contributed by atoms with Crippen LogP contribution in [-0.4, -0.2) is 5.54 Å². The lowest BCUT2D eigenvalue weighted by Crippen LogP contribution is -2.52. The van der Waals surface area contributed by atoms with Crippen LogP contribution in [0.5, 0.6) is 0 Å². The molecule has 0 fully saturated rings. The van der Waals surface area contributed by atoms with E-state index in [9.17, 15) is 5.26 Å². The minimum Gasteiger partial charge on any atom is -0.346 e. The Labute approximate surface area is 152 Å². The van der Waals surface area contributed by atoms with Gasteiger partial charge in [-0.15, -0.1) is 0 Å². The second-order valence-electron chi connectivity index (χ2n) is 7.19. The van der Waals surface area contributed by atoms with Gasteiger partial charge >= 0.3 is 0 Å². The Hall–Kier alpha value is -2.27. The zero-order chi connectivity index (χ0) is 17.7. The van der Waals surface area contributed by atoms with Crippen LogP contribution < -0.4 is 4.90 Å². The maximum absolute atomic E-state index is 10.2. The van der Waals surface area contributed by atoms with Gasteiger partial charge in [-0.1, -0.05) is 74.7 Å². The van der Waals surface area contributed by atoms with Crippen molar-refractivity contribution in [3.8, 4) is 6.07 Å². The molecule has 2 heteroatoms. The van der Waals surface area contributed by atoms with Crippen molar-refractivity contribution in [2.24, 2.45) is 0 Å². The third-order valence-electron chi connectivity index (χ3n) is 5.59. The van der Waals surface area contributed by atoms with E-state index in [-0.39, 0.29) is 6.04 Å². The monoisotopic (exact) mass is 332 g/mol. The average molecular weight is 332 g/mol. The normalized spacial score (nSPS) is 20.6. The first-order valence-electron chi connectivity index (χ1n) is 9.55. The van der Waals surface area contributed by atoms with E-state index < -0.39 is 5.54 Å². The first-order chi connectivity index (χ1) is 12.2. The second kappa shape index (κ2) is 7.74. The van der Waals surface area contributed by atoms with Crippen LogP contribution in [-0.2, 0) is 6.42 Å². The standard InChI is InChI=1S/C23H28N2/c1-3-4-10-16-23(18-24)17-15-21-13-8-9-14-22(21)25(23)19(2)20-11-6-5-7-12-20/h5-9,11-14,19H,3-4,10,15-17H2,1-2H3/t19-,23+/m1/s1. The summed E-state index contributed by atoms with van der Waals surface area (Å²) in [6.45, 7) is 4.46. The number of hydrogen-bond donors (Lipinski definition) is 0. The predicted molar refractivity (Wildman–Crippen MR) is 105 cm³/mol. The Morgan fingerprint density at radius 1 is 1.08 bits per heavy atom. The van der Waals surface area contributed by atoms with Gasteiger partial charge in [-0.25, -0.2) is 0 Å². The zero-order valence-electron chi connectivity index (χ0n) is 15.4. The highest BCUT2D eigenvalue weighted by Crippen LogP contribution is 2.44. The number of fused-ring (bicyclic) bond motifs is 1. The van der Waals surface area contributed by atoms with Gasteiger partial charge in [0.05, 0.1) is 12.1 Å². The largest absolute Gasteiger partial charge is 0.346 e. The van der Waals surface area contributed by atoms with Crippen molar-refractivity contribution >= 4 is 5.69 Å². The van der Waals surface area contributed by atoms with Gasteiger partial charge in [-0.05, 0) is 43.4 Å². The van der Waals surface area contributed by atoms with E-state index in [0.29, 0.717) is 0 Å². The Bertz CT molecular complexity index is 731. The summed E-state index contributed by atoms with van der Waals surface area (Å²) in [7, 11) is 0. The molecule has 1 aliphatic rings. The number of anilines is 1. The summed E-state index contributed by atoms with van der Waals surface area (Å²) in [5, 5.41) is 10.2. The van der Waals surface area contributed by atoms with Gasteiger partial charge in [0, 0.05) is 5.69 Å². The molecule has 1 heterocycles. The number of benzene rings is 2. The zero-order valence-corrected chi connectivity index (χ0v) is 15.4. The van der Waals surface area contributed by atoms with Crippen molar-refractivity contribution in [1.29, 1.82) is 5.26 Å². The number of para-hydroxylation sites is 1. The SMILES string of the molecule is CCCCC[C@@]1(C#N)CCc2ccccc2N1[C@H](C)c1ccccc1. The second-order valence-corrected chi connectivity index (χ2v) is 7.19. The summed E-state index contributed by atoms with van der Waals surface area (Å²) in [6, 6.07) is 22.1. The lowest BCUT2D eigenvalue weighted by Gasteiger charge is -2.48. The molecule has 0 aliphatic carbocycles. The molecule has 2 atom stereocenters. The minimum absolute atomic E-state index is 0.184. The fourth-order valence-corrected chi connectivity index (χ4v) is 4.19. The average Bonchev–Trinajstić information content (AvgIpc) is 2.68. The number of aryl methyl sites for hydroxylation is 1. The smallest absolute Gasteiger partial charge is 0.128 e. The number of hydrogen-bond acceptors (Lipinski definition) is 2. The Morgan fingerprint density at radius 3 is 2.52 bits per heavy atom. The van der Waals surface area contributed by atoms with Gasteiger partial charge in [-0.2, -0.15) is 5.26 Å². The number of nitriles is 1. The van der Waals surface area contributed by atoms with E-state index in [1.807, 2.05) is 0 Å². The molecule has 0 radical (unpaired) electrons. The molecular weight excluding hydrogens is 304 g/mol. The summed E-state index contributed by atoms with van der Waals surface area (Å²) in [5.74, 6) is 0. The van der Waals surface area contributed by atoms with Crippen LogP contribution >= 0.6 is 0 Å². The molecule has 0 bridgehead atoms. The van der Waals surface area contributed by atoms with Crippen LogP contribution in [0.3, 0.4) is 0 Å². The van der Waals surface area contributed by atoms with Gasteiger partial charge in [0.2, 0.25) is 0 Å². The quantitative estimate of drug-likeness (QED) is 0.603. The van der Waals surface area contributed by atoms with Crippen molar-refractivity contribution in [2.75, 3.05) is 4.90 Å². The first-order valence-corrected chi connectivity index (χ1v) is 9.55. The topological polar surface area (TPSA) is 27.0 Å². The van der Waals surface area contributed by atoms with E-state index in [0.717, 1.165) is 25.7 Å². The molecule has 130 valence electrons. The fraction of sp³-hybridized carbons (Fsp3) is 0.435. The Morgan fingerprint density at radius 2 is 1.80 bits per heavy atom. The molecule has 0 saturated heterocycles. The molecule has 0 amide bonds. The van der Waals surface area contributed by atoms with E-state index in [1.165, 1.54) is 29.7 Å². The number of nitrogens with zero attached hydrogens (tertiary/aromatic N) is 2. The van der Waals surface area contributed by atoms with Gasteiger partial charge in [-0.3, -0.25) is 0 Å².